The number of hydrogen-bond donors (Lipinski definition) is 1. The first-order valence-corrected chi connectivity index (χ1v) is 3.08. The maximum Gasteiger partial charge on any atom is 0.327 e. The summed E-state index contributed by atoms with van der Waals surface area (Å²) in [4.78, 5) is 21.8. The molecule has 0 rings (SSSR count). The number of carbonyl (C=O) groups excluding carboxylic acids is 1. The molecule has 4 nitrogen and oxygen atoms in total. The number of carbonyl (C=O) groups is 1. The van der Waals surface area contributed by atoms with Crippen molar-refractivity contribution in [1.29, 1.82) is 0 Å². The lowest BCUT2D eigenvalue weighted by atomic mass is 10.5. The zero-order valence-electron chi connectivity index (χ0n) is 6.57. The Balaban J connectivity index is 0. The van der Waals surface area contributed by atoms with Crippen LogP contribution in [0, 0.1) is 0 Å². The number of rotatable bonds is 2. The molecule has 0 saturated carbocycles. The van der Waals surface area contributed by atoms with Crippen LogP contribution in [0.1, 0.15) is 13.8 Å². The minimum Gasteiger partial charge on any atom is -0.478 e. The smallest absolute Gasteiger partial charge is 0.327 e. The van der Waals surface area contributed by atoms with E-state index in [1.165, 1.54) is 12.2 Å². The normalized spacial score (nSPS) is 7.82. The second-order valence-corrected chi connectivity index (χ2v) is 1.40. The molecule has 0 unspecified atom stereocenters. The fourth-order valence-electron chi connectivity index (χ4n) is 0.207. The van der Waals surface area contributed by atoms with Gasteiger partial charge in [0.15, 0.2) is 0 Å². The van der Waals surface area contributed by atoms with E-state index in [4.69, 9.17) is 9.90 Å². The number of allylic oxidation sites excluding steroid dienone is 1. The maximum atomic E-state index is 9.51. The molecule has 0 saturated heterocycles. The monoisotopic (exact) mass is 157 g/mol. The Morgan fingerprint density at radius 1 is 1.73 bits per heavy atom. The molecule has 0 aromatic rings. The van der Waals surface area contributed by atoms with Gasteiger partial charge >= 0.3 is 5.97 Å². The SMILES string of the molecule is CC=CC(=O)O.CCN=C=O. The van der Waals surface area contributed by atoms with Crippen LogP contribution in [0.5, 0.6) is 0 Å². The van der Waals surface area contributed by atoms with Gasteiger partial charge in [-0.15, -0.1) is 0 Å². The van der Waals surface area contributed by atoms with Crippen molar-refractivity contribution < 1.29 is 14.7 Å². The lowest BCUT2D eigenvalue weighted by molar-refractivity contribution is -0.131. The molecule has 1 N–H and O–H groups in total. The zero-order valence-corrected chi connectivity index (χ0v) is 6.57. The van der Waals surface area contributed by atoms with Crippen LogP contribution in [-0.2, 0) is 9.59 Å². The van der Waals surface area contributed by atoms with Gasteiger partial charge in [0.25, 0.3) is 0 Å². The number of hydrogen-bond acceptors (Lipinski definition) is 3. The molecule has 0 aromatic heterocycles. The van der Waals surface area contributed by atoms with Crippen LogP contribution < -0.4 is 0 Å². The first-order chi connectivity index (χ1) is 5.18. The highest BCUT2D eigenvalue weighted by Gasteiger charge is 1.76. The fraction of sp³-hybridized carbons (Fsp3) is 0.429. The van der Waals surface area contributed by atoms with Gasteiger partial charge in [0.1, 0.15) is 0 Å². The Morgan fingerprint density at radius 2 is 2.27 bits per heavy atom. The quantitative estimate of drug-likeness (QED) is 0.369. The third kappa shape index (κ3) is 28.9. The predicted octanol–water partition coefficient (Wildman–Crippen LogP) is 0.989. The third-order valence-electron chi connectivity index (χ3n) is 0.532. The van der Waals surface area contributed by atoms with E-state index in [9.17, 15) is 4.79 Å². The summed E-state index contributed by atoms with van der Waals surface area (Å²) in [5.41, 5.74) is 0. The molecule has 0 fully saturated rings. The molecule has 0 amide bonds. The van der Waals surface area contributed by atoms with Crippen LogP contribution in [0.25, 0.3) is 0 Å². The molecule has 0 aliphatic rings. The number of isocyanates is 1. The molecule has 0 spiro atoms. The van der Waals surface area contributed by atoms with Crippen molar-refractivity contribution in [2.75, 3.05) is 6.54 Å². The molecule has 62 valence electrons. The molecular weight excluding hydrogens is 146 g/mol. The van der Waals surface area contributed by atoms with Crippen molar-refractivity contribution in [2.45, 2.75) is 13.8 Å². The van der Waals surface area contributed by atoms with Crippen molar-refractivity contribution in [3.63, 3.8) is 0 Å². The van der Waals surface area contributed by atoms with Gasteiger partial charge in [0, 0.05) is 12.6 Å². The molecule has 0 aromatic carbocycles. The summed E-state index contributed by atoms with van der Waals surface area (Å²) in [5, 5.41) is 7.83. The minimum absolute atomic E-state index is 0.545. The zero-order chi connectivity index (χ0) is 9.11. The lowest BCUT2D eigenvalue weighted by Gasteiger charge is -1.68. The van der Waals surface area contributed by atoms with E-state index >= 15 is 0 Å². The average Bonchev–Trinajstić information content (AvgIpc) is 1.90. The van der Waals surface area contributed by atoms with Crippen LogP contribution in [0.2, 0.25) is 0 Å². The highest BCUT2D eigenvalue weighted by atomic mass is 16.4. The van der Waals surface area contributed by atoms with Gasteiger partial charge < -0.3 is 5.11 Å². The second-order valence-electron chi connectivity index (χ2n) is 1.40. The lowest BCUT2D eigenvalue weighted by Crippen LogP contribution is -1.83. The summed E-state index contributed by atoms with van der Waals surface area (Å²) in [6, 6.07) is 0. The van der Waals surface area contributed by atoms with Gasteiger partial charge in [-0.2, -0.15) is 0 Å². The molecule has 4 heteroatoms. The first kappa shape index (κ1) is 12.3. The Morgan fingerprint density at radius 3 is 2.27 bits per heavy atom. The standard InChI is InChI=1S/C4H6O2.C3H5NO/c1-2-3-4(5)6;1-2-4-3-5/h2-3H,1H3,(H,5,6);2H2,1H3. The molecule has 0 aliphatic carbocycles. The van der Waals surface area contributed by atoms with E-state index in [1.54, 1.807) is 13.8 Å². The molecule has 0 aliphatic heterocycles. The Bertz CT molecular complexity index is 169. The van der Waals surface area contributed by atoms with E-state index in [1.807, 2.05) is 0 Å². The van der Waals surface area contributed by atoms with E-state index in [0.29, 0.717) is 6.54 Å². The predicted molar refractivity (Wildman–Crippen MR) is 41.1 cm³/mol. The summed E-state index contributed by atoms with van der Waals surface area (Å²) in [6.45, 7) is 3.99. The Hall–Kier alpha value is -1.41. The van der Waals surface area contributed by atoms with Gasteiger partial charge in [-0.25, -0.2) is 14.6 Å². The summed E-state index contributed by atoms with van der Waals surface area (Å²) >= 11 is 0. The number of carboxylic acids is 1. The fourth-order valence-corrected chi connectivity index (χ4v) is 0.207. The highest BCUT2D eigenvalue weighted by Crippen LogP contribution is 1.65. The molecule has 11 heavy (non-hydrogen) atoms. The topological polar surface area (TPSA) is 66.7 Å². The van der Waals surface area contributed by atoms with Gasteiger partial charge in [0.2, 0.25) is 6.08 Å². The molecule has 0 heterocycles. The van der Waals surface area contributed by atoms with Crippen LogP contribution in [0.3, 0.4) is 0 Å². The second kappa shape index (κ2) is 11.4. The van der Waals surface area contributed by atoms with Gasteiger partial charge in [-0.3, -0.25) is 0 Å². The van der Waals surface area contributed by atoms with E-state index in [0.717, 1.165) is 6.08 Å². The van der Waals surface area contributed by atoms with Crippen LogP contribution in [-0.4, -0.2) is 23.7 Å². The molecule has 0 radical (unpaired) electrons. The Labute approximate surface area is 65.3 Å². The van der Waals surface area contributed by atoms with E-state index in [-0.39, 0.29) is 0 Å². The van der Waals surface area contributed by atoms with Crippen molar-refractivity contribution >= 4 is 12.0 Å². The number of aliphatic carboxylic acids is 1. The maximum absolute atomic E-state index is 9.51. The summed E-state index contributed by atoms with van der Waals surface area (Å²) in [5.74, 6) is -0.891. The third-order valence-corrected chi connectivity index (χ3v) is 0.532. The summed E-state index contributed by atoms with van der Waals surface area (Å²) in [7, 11) is 0. The molecule has 0 bridgehead atoms. The average molecular weight is 157 g/mol. The number of aliphatic imine (C=N–C) groups is 1. The largest absolute Gasteiger partial charge is 0.478 e. The van der Waals surface area contributed by atoms with E-state index < -0.39 is 5.97 Å². The highest BCUT2D eigenvalue weighted by molar-refractivity contribution is 5.79. The Kier molecular flexibility index (Phi) is 12.7. The van der Waals surface area contributed by atoms with Crippen molar-refractivity contribution in [3.8, 4) is 0 Å². The van der Waals surface area contributed by atoms with Gasteiger partial charge in [0.05, 0.1) is 0 Å². The minimum atomic E-state index is -0.891. The van der Waals surface area contributed by atoms with Crippen molar-refractivity contribution in [2.24, 2.45) is 4.99 Å². The van der Waals surface area contributed by atoms with Crippen LogP contribution in [0.4, 0.5) is 0 Å². The molecule has 0 atom stereocenters. The summed E-state index contributed by atoms with van der Waals surface area (Å²) in [6.07, 6.45) is 3.95. The number of carboxylic acid groups (broad SMARTS) is 1. The summed E-state index contributed by atoms with van der Waals surface area (Å²) < 4.78 is 0. The van der Waals surface area contributed by atoms with Crippen molar-refractivity contribution in [3.05, 3.63) is 12.2 Å². The van der Waals surface area contributed by atoms with Crippen molar-refractivity contribution in [1.82, 2.24) is 0 Å². The van der Waals surface area contributed by atoms with Crippen LogP contribution >= 0.6 is 0 Å². The number of nitrogens with zero attached hydrogens (tertiary/aromatic N) is 1. The van der Waals surface area contributed by atoms with Crippen LogP contribution in [0.15, 0.2) is 17.1 Å². The van der Waals surface area contributed by atoms with Gasteiger partial charge in [-0.1, -0.05) is 6.08 Å². The molecular formula is C7H11NO3. The van der Waals surface area contributed by atoms with E-state index in [2.05, 4.69) is 4.99 Å². The van der Waals surface area contributed by atoms with Gasteiger partial charge in [-0.05, 0) is 13.8 Å². The first-order valence-electron chi connectivity index (χ1n) is 3.08.